The maximum absolute atomic E-state index is 10.9. The Balaban J connectivity index is 2.56. The third-order valence-corrected chi connectivity index (χ3v) is 3.27. The molecule has 0 saturated carbocycles. The largest absolute Gasteiger partial charge is 0.494 e. The van der Waals surface area contributed by atoms with Crippen molar-refractivity contribution in [3.8, 4) is 5.75 Å². The molecule has 0 amide bonds. The van der Waals surface area contributed by atoms with Crippen LogP contribution in [-0.4, -0.2) is 23.6 Å². The van der Waals surface area contributed by atoms with Crippen molar-refractivity contribution >= 4 is 23.4 Å². The number of carboxylic acids is 1. The van der Waals surface area contributed by atoms with Gasteiger partial charge in [-0.25, -0.2) is 4.79 Å². The van der Waals surface area contributed by atoms with Gasteiger partial charge in [0.2, 0.25) is 0 Å². The minimum Gasteiger partial charge on any atom is -0.494 e. The number of rotatable bonds is 2. The molecule has 2 N–H and O–H groups in total. The van der Waals surface area contributed by atoms with E-state index >= 15 is 0 Å². The van der Waals surface area contributed by atoms with Gasteiger partial charge in [-0.15, -0.1) is 0 Å². The summed E-state index contributed by atoms with van der Waals surface area (Å²) in [6.07, 6.45) is 0. The lowest BCUT2D eigenvalue weighted by molar-refractivity contribution is 0.0693. The number of hydrogen-bond acceptors (Lipinski definition) is 4. The third-order valence-electron chi connectivity index (χ3n) is 2.21. The van der Waals surface area contributed by atoms with Crippen LogP contribution < -0.4 is 10.1 Å². The molecule has 5 heteroatoms. The highest BCUT2D eigenvalue weighted by molar-refractivity contribution is 8.00. The summed E-state index contributed by atoms with van der Waals surface area (Å²) >= 11 is 1.66. The monoisotopic (exact) mass is 225 g/mol. The van der Waals surface area contributed by atoms with Gasteiger partial charge in [0.15, 0.2) is 5.75 Å². The Morgan fingerprint density at radius 1 is 1.60 bits per heavy atom. The molecule has 15 heavy (non-hydrogen) atoms. The Labute approximate surface area is 91.6 Å². The SMILES string of the molecule is COc1c(C(=O)O)ccc2c1NC(C)S2. The molecule has 1 aliphatic rings. The highest BCUT2D eigenvalue weighted by Crippen LogP contribution is 2.45. The van der Waals surface area contributed by atoms with Crippen molar-refractivity contribution in [2.24, 2.45) is 0 Å². The van der Waals surface area contributed by atoms with Gasteiger partial charge in [0.1, 0.15) is 5.56 Å². The quantitative estimate of drug-likeness (QED) is 0.808. The Bertz CT molecular complexity index is 419. The van der Waals surface area contributed by atoms with Crippen LogP contribution in [0.15, 0.2) is 17.0 Å². The normalized spacial score (nSPS) is 18.1. The minimum absolute atomic E-state index is 0.193. The average molecular weight is 225 g/mol. The lowest BCUT2D eigenvalue weighted by Crippen LogP contribution is -2.06. The fraction of sp³-hybridized carbons (Fsp3) is 0.300. The molecule has 2 rings (SSSR count). The van der Waals surface area contributed by atoms with E-state index in [1.165, 1.54) is 7.11 Å². The van der Waals surface area contributed by atoms with Crippen LogP contribution in [0, 0.1) is 0 Å². The molecular weight excluding hydrogens is 214 g/mol. The Kier molecular flexibility index (Phi) is 2.48. The molecule has 0 aliphatic carbocycles. The first-order valence-electron chi connectivity index (χ1n) is 4.51. The Morgan fingerprint density at radius 2 is 2.33 bits per heavy atom. The second-order valence-corrected chi connectivity index (χ2v) is 4.61. The number of ether oxygens (including phenoxy) is 1. The lowest BCUT2D eigenvalue weighted by atomic mass is 10.1. The summed E-state index contributed by atoms with van der Waals surface area (Å²) in [5.41, 5.74) is 0.980. The number of fused-ring (bicyclic) bond motifs is 1. The zero-order chi connectivity index (χ0) is 11.0. The van der Waals surface area contributed by atoms with E-state index < -0.39 is 5.97 Å². The van der Waals surface area contributed by atoms with Crippen molar-refractivity contribution < 1.29 is 14.6 Å². The molecule has 1 aromatic rings. The summed E-state index contributed by atoms with van der Waals surface area (Å²) in [6, 6.07) is 3.38. The fourth-order valence-electron chi connectivity index (χ4n) is 1.60. The second kappa shape index (κ2) is 3.66. The highest BCUT2D eigenvalue weighted by atomic mass is 32.2. The van der Waals surface area contributed by atoms with Crippen molar-refractivity contribution in [2.75, 3.05) is 12.4 Å². The van der Waals surface area contributed by atoms with Crippen LogP contribution in [0.5, 0.6) is 5.75 Å². The molecule has 0 bridgehead atoms. The van der Waals surface area contributed by atoms with Crippen molar-refractivity contribution in [3.05, 3.63) is 17.7 Å². The first kappa shape index (κ1) is 10.2. The standard InChI is InChI=1S/C10H11NO3S/c1-5-11-8-7(15-5)4-3-6(10(12)13)9(8)14-2/h3-5,11H,1-2H3,(H,12,13). The van der Waals surface area contributed by atoms with E-state index in [0.717, 1.165) is 10.6 Å². The van der Waals surface area contributed by atoms with Crippen LogP contribution in [0.3, 0.4) is 0 Å². The summed E-state index contributed by atoms with van der Waals surface area (Å²) in [5, 5.41) is 12.4. The van der Waals surface area contributed by atoms with E-state index in [1.807, 2.05) is 13.0 Å². The zero-order valence-corrected chi connectivity index (χ0v) is 9.22. The van der Waals surface area contributed by atoms with E-state index in [0.29, 0.717) is 5.75 Å². The molecular formula is C10H11NO3S. The summed E-state index contributed by atoms with van der Waals surface area (Å²) in [7, 11) is 1.48. The number of aromatic carboxylic acids is 1. The third kappa shape index (κ3) is 1.63. The van der Waals surface area contributed by atoms with Crippen LogP contribution in [0.1, 0.15) is 17.3 Å². The topological polar surface area (TPSA) is 58.6 Å². The van der Waals surface area contributed by atoms with Gasteiger partial charge in [0, 0.05) is 4.90 Å². The maximum atomic E-state index is 10.9. The molecule has 0 saturated heterocycles. The molecule has 0 spiro atoms. The van der Waals surface area contributed by atoms with Gasteiger partial charge in [-0.2, -0.15) is 0 Å². The van der Waals surface area contributed by atoms with Crippen molar-refractivity contribution in [1.29, 1.82) is 0 Å². The Hall–Kier alpha value is -1.36. The molecule has 4 nitrogen and oxygen atoms in total. The summed E-state index contributed by atoms with van der Waals surface area (Å²) < 4.78 is 5.14. The highest BCUT2D eigenvalue weighted by Gasteiger charge is 2.25. The van der Waals surface area contributed by atoms with Crippen LogP contribution in [0.4, 0.5) is 5.69 Å². The van der Waals surface area contributed by atoms with E-state index in [1.54, 1.807) is 17.8 Å². The minimum atomic E-state index is -0.971. The number of carbonyl (C=O) groups is 1. The molecule has 1 unspecified atom stereocenters. The number of methoxy groups -OCH3 is 1. The van der Waals surface area contributed by atoms with Crippen LogP contribution in [-0.2, 0) is 0 Å². The summed E-state index contributed by atoms with van der Waals surface area (Å²) in [6.45, 7) is 2.02. The fourth-order valence-corrected chi connectivity index (χ4v) is 2.58. The van der Waals surface area contributed by atoms with E-state index in [4.69, 9.17) is 9.84 Å². The number of carboxylic acid groups (broad SMARTS) is 1. The first-order chi connectivity index (χ1) is 7.13. The summed E-state index contributed by atoms with van der Waals surface area (Å²) in [4.78, 5) is 12.0. The van der Waals surface area contributed by atoms with Gasteiger partial charge < -0.3 is 15.2 Å². The van der Waals surface area contributed by atoms with Gasteiger partial charge in [-0.3, -0.25) is 0 Å². The van der Waals surface area contributed by atoms with Gasteiger partial charge in [0.25, 0.3) is 0 Å². The molecule has 0 fully saturated rings. The molecule has 80 valence electrons. The summed E-state index contributed by atoms with van der Waals surface area (Å²) in [5.74, 6) is -0.558. The van der Waals surface area contributed by atoms with Crippen molar-refractivity contribution in [3.63, 3.8) is 0 Å². The molecule has 1 heterocycles. The van der Waals surface area contributed by atoms with Crippen LogP contribution in [0.25, 0.3) is 0 Å². The van der Waals surface area contributed by atoms with Gasteiger partial charge in [-0.1, -0.05) is 11.8 Å². The average Bonchev–Trinajstić information content (AvgIpc) is 2.55. The molecule has 1 atom stereocenters. The van der Waals surface area contributed by atoms with Gasteiger partial charge >= 0.3 is 5.97 Å². The molecule has 1 aliphatic heterocycles. The van der Waals surface area contributed by atoms with Crippen molar-refractivity contribution in [2.45, 2.75) is 17.2 Å². The number of thioether (sulfide) groups is 1. The predicted molar refractivity (Wildman–Crippen MR) is 58.9 cm³/mol. The van der Waals surface area contributed by atoms with Crippen LogP contribution in [0.2, 0.25) is 0 Å². The smallest absolute Gasteiger partial charge is 0.339 e. The number of hydrogen-bond donors (Lipinski definition) is 2. The number of benzene rings is 1. The molecule has 1 aromatic carbocycles. The number of anilines is 1. The predicted octanol–water partition coefficient (Wildman–Crippen LogP) is 2.26. The van der Waals surface area contributed by atoms with Crippen molar-refractivity contribution in [1.82, 2.24) is 0 Å². The molecule has 0 radical (unpaired) electrons. The Morgan fingerprint density at radius 3 is 2.93 bits per heavy atom. The maximum Gasteiger partial charge on any atom is 0.339 e. The van der Waals surface area contributed by atoms with E-state index in [-0.39, 0.29) is 10.9 Å². The van der Waals surface area contributed by atoms with E-state index in [9.17, 15) is 4.79 Å². The zero-order valence-electron chi connectivity index (χ0n) is 8.40. The number of nitrogens with one attached hydrogen (secondary N) is 1. The first-order valence-corrected chi connectivity index (χ1v) is 5.39. The van der Waals surface area contributed by atoms with E-state index in [2.05, 4.69) is 5.32 Å². The van der Waals surface area contributed by atoms with Gasteiger partial charge in [-0.05, 0) is 19.1 Å². The lowest BCUT2D eigenvalue weighted by Gasteiger charge is -2.10. The second-order valence-electron chi connectivity index (χ2n) is 3.23. The van der Waals surface area contributed by atoms with Gasteiger partial charge in [0.05, 0.1) is 18.2 Å². The molecule has 0 aromatic heterocycles. The van der Waals surface area contributed by atoms with Crippen LogP contribution >= 0.6 is 11.8 Å².